The lowest BCUT2D eigenvalue weighted by Gasteiger charge is -2.25. The lowest BCUT2D eigenvalue weighted by atomic mass is 10.1. The number of carbonyl (C=O) groups excluding carboxylic acids is 1. The summed E-state index contributed by atoms with van der Waals surface area (Å²) in [4.78, 5) is 14.4. The average Bonchev–Trinajstić information content (AvgIpc) is 3.01. The zero-order valence-corrected chi connectivity index (χ0v) is 14.0. The summed E-state index contributed by atoms with van der Waals surface area (Å²) >= 11 is 1.66. The molecule has 2 aromatic rings. The van der Waals surface area contributed by atoms with Crippen LogP contribution in [0.15, 0.2) is 42.5 Å². The van der Waals surface area contributed by atoms with E-state index in [2.05, 4.69) is 5.32 Å². The number of hydrogen-bond donors (Lipinski definition) is 1. The van der Waals surface area contributed by atoms with E-state index in [-0.39, 0.29) is 17.2 Å². The fourth-order valence-electron chi connectivity index (χ4n) is 2.69. The largest absolute Gasteiger partial charge is 0.323 e. The molecule has 0 spiro atoms. The van der Waals surface area contributed by atoms with Gasteiger partial charge >= 0.3 is 6.03 Å². The molecule has 1 saturated heterocycles. The molecule has 3 rings (SSSR count). The summed E-state index contributed by atoms with van der Waals surface area (Å²) < 4.78 is 13.5. The summed E-state index contributed by atoms with van der Waals surface area (Å²) in [5.74, 6) is 0.575. The van der Waals surface area contributed by atoms with Crippen LogP contribution in [0.1, 0.15) is 22.1 Å². The van der Waals surface area contributed by atoms with E-state index in [9.17, 15) is 9.18 Å². The van der Waals surface area contributed by atoms with E-state index in [1.807, 2.05) is 38.1 Å². The van der Waals surface area contributed by atoms with E-state index in [1.165, 1.54) is 12.1 Å². The number of urea groups is 1. The number of rotatable bonds is 2. The van der Waals surface area contributed by atoms with Crippen LogP contribution in [-0.4, -0.2) is 23.2 Å². The summed E-state index contributed by atoms with van der Waals surface area (Å²) in [5, 5.41) is 2.84. The first kappa shape index (κ1) is 15.9. The van der Waals surface area contributed by atoms with Crippen LogP contribution in [-0.2, 0) is 0 Å². The van der Waals surface area contributed by atoms with Gasteiger partial charge in [-0.15, -0.1) is 11.8 Å². The molecule has 3 nitrogen and oxygen atoms in total. The van der Waals surface area contributed by atoms with Gasteiger partial charge in [0.2, 0.25) is 0 Å². The van der Waals surface area contributed by atoms with Crippen LogP contribution in [0.4, 0.5) is 14.9 Å². The van der Waals surface area contributed by atoms with E-state index in [0.29, 0.717) is 6.54 Å². The number of hydrogen-bond acceptors (Lipinski definition) is 2. The highest BCUT2D eigenvalue weighted by molar-refractivity contribution is 7.99. The van der Waals surface area contributed by atoms with Crippen LogP contribution in [0.5, 0.6) is 0 Å². The predicted molar refractivity (Wildman–Crippen MR) is 93.2 cm³/mol. The van der Waals surface area contributed by atoms with Crippen molar-refractivity contribution in [1.82, 2.24) is 4.90 Å². The molecule has 1 fully saturated rings. The number of nitrogens with zero attached hydrogens (tertiary/aromatic N) is 1. The molecule has 5 heteroatoms. The molecule has 0 bridgehead atoms. The van der Waals surface area contributed by atoms with E-state index >= 15 is 0 Å². The van der Waals surface area contributed by atoms with Crippen LogP contribution in [0.3, 0.4) is 0 Å². The maximum absolute atomic E-state index is 13.5. The average molecular weight is 330 g/mol. The minimum atomic E-state index is -0.273. The van der Waals surface area contributed by atoms with Crippen molar-refractivity contribution in [1.29, 1.82) is 0 Å². The number of carbonyl (C=O) groups is 1. The van der Waals surface area contributed by atoms with E-state index in [0.717, 1.165) is 28.1 Å². The summed E-state index contributed by atoms with van der Waals surface area (Å²) in [7, 11) is 0. The molecule has 2 amide bonds. The number of amides is 2. The second-order valence-corrected chi connectivity index (χ2v) is 6.84. The van der Waals surface area contributed by atoms with Crippen molar-refractivity contribution in [3.8, 4) is 0 Å². The minimum Gasteiger partial charge on any atom is -0.308 e. The van der Waals surface area contributed by atoms with Crippen LogP contribution in [0.25, 0.3) is 0 Å². The first-order valence-electron chi connectivity index (χ1n) is 7.57. The second-order valence-electron chi connectivity index (χ2n) is 5.65. The Hall–Kier alpha value is -2.01. The quantitative estimate of drug-likeness (QED) is 0.864. The zero-order valence-electron chi connectivity index (χ0n) is 13.2. The van der Waals surface area contributed by atoms with Gasteiger partial charge in [-0.1, -0.05) is 24.3 Å². The van der Waals surface area contributed by atoms with Gasteiger partial charge in [-0.25, -0.2) is 9.18 Å². The van der Waals surface area contributed by atoms with Gasteiger partial charge in [-0.2, -0.15) is 0 Å². The maximum atomic E-state index is 13.5. The number of aryl methyl sites for hydroxylation is 1. The molecule has 1 aliphatic rings. The van der Waals surface area contributed by atoms with Crippen LogP contribution in [0, 0.1) is 19.7 Å². The highest BCUT2D eigenvalue weighted by Gasteiger charge is 2.31. The third-order valence-corrected chi connectivity index (χ3v) is 5.39. The molecule has 1 atom stereocenters. The normalized spacial score (nSPS) is 17.3. The van der Waals surface area contributed by atoms with Crippen molar-refractivity contribution in [2.75, 3.05) is 17.6 Å². The van der Waals surface area contributed by atoms with Crippen molar-refractivity contribution in [2.24, 2.45) is 0 Å². The first-order valence-corrected chi connectivity index (χ1v) is 8.62. The van der Waals surface area contributed by atoms with Gasteiger partial charge in [0, 0.05) is 18.0 Å². The molecule has 2 aromatic carbocycles. The van der Waals surface area contributed by atoms with E-state index in [1.54, 1.807) is 22.7 Å². The highest BCUT2D eigenvalue weighted by Crippen LogP contribution is 2.38. The van der Waals surface area contributed by atoms with Gasteiger partial charge < -0.3 is 10.2 Å². The Labute approximate surface area is 139 Å². The molecule has 1 heterocycles. The van der Waals surface area contributed by atoms with Crippen LogP contribution < -0.4 is 5.32 Å². The highest BCUT2D eigenvalue weighted by atomic mass is 32.2. The van der Waals surface area contributed by atoms with Crippen molar-refractivity contribution in [2.45, 2.75) is 19.2 Å². The topological polar surface area (TPSA) is 32.3 Å². The van der Waals surface area contributed by atoms with Gasteiger partial charge in [0.1, 0.15) is 11.2 Å². The van der Waals surface area contributed by atoms with Gasteiger partial charge in [-0.3, -0.25) is 0 Å². The lowest BCUT2D eigenvalue weighted by Crippen LogP contribution is -2.34. The van der Waals surface area contributed by atoms with Gasteiger partial charge in [0.05, 0.1) is 0 Å². The van der Waals surface area contributed by atoms with Gasteiger partial charge in [0.25, 0.3) is 0 Å². The lowest BCUT2D eigenvalue weighted by molar-refractivity contribution is 0.214. The van der Waals surface area contributed by atoms with Crippen molar-refractivity contribution in [3.05, 3.63) is 65.0 Å². The molecule has 1 aliphatic heterocycles. The van der Waals surface area contributed by atoms with E-state index < -0.39 is 0 Å². The fourth-order valence-corrected chi connectivity index (χ4v) is 3.93. The van der Waals surface area contributed by atoms with E-state index in [4.69, 9.17) is 0 Å². The first-order chi connectivity index (χ1) is 11.1. The Bertz CT molecular complexity index is 735. The predicted octanol–water partition coefficient (Wildman–Crippen LogP) is 4.72. The zero-order chi connectivity index (χ0) is 16.4. The SMILES string of the molecule is Cc1cccc(NC(=O)N2CCS[C@@H]2c2cccc(F)c2)c1C. The van der Waals surface area contributed by atoms with Crippen molar-refractivity contribution < 1.29 is 9.18 Å². The van der Waals surface area contributed by atoms with Gasteiger partial charge in [0.15, 0.2) is 0 Å². The molecule has 120 valence electrons. The van der Waals surface area contributed by atoms with Gasteiger partial charge in [-0.05, 0) is 48.7 Å². The molecule has 1 N–H and O–H groups in total. The molecule has 0 aromatic heterocycles. The molecular weight excluding hydrogens is 311 g/mol. The molecule has 0 aliphatic carbocycles. The Balaban J connectivity index is 1.80. The minimum absolute atomic E-state index is 0.141. The standard InChI is InChI=1S/C18H19FN2OS/c1-12-5-3-8-16(13(12)2)20-18(22)21-9-10-23-17(21)14-6-4-7-15(19)11-14/h3-8,11,17H,9-10H2,1-2H3,(H,20,22)/t17-/m1/s1. The summed E-state index contributed by atoms with van der Waals surface area (Å²) in [5.41, 5.74) is 3.85. The van der Waals surface area contributed by atoms with Crippen LogP contribution in [0.2, 0.25) is 0 Å². The summed E-state index contributed by atoms with van der Waals surface area (Å²) in [6, 6.07) is 12.2. The molecular formula is C18H19FN2OS. The Morgan fingerprint density at radius 3 is 2.83 bits per heavy atom. The smallest absolute Gasteiger partial charge is 0.308 e. The molecule has 23 heavy (non-hydrogen) atoms. The molecule has 0 saturated carbocycles. The Morgan fingerprint density at radius 2 is 2.04 bits per heavy atom. The summed E-state index contributed by atoms with van der Waals surface area (Å²) in [6.45, 7) is 4.67. The Kier molecular flexibility index (Phi) is 4.57. The number of anilines is 1. The fraction of sp³-hybridized carbons (Fsp3) is 0.278. The maximum Gasteiger partial charge on any atom is 0.323 e. The number of nitrogens with one attached hydrogen (secondary N) is 1. The third kappa shape index (κ3) is 3.34. The number of benzene rings is 2. The number of halogens is 1. The third-order valence-electron chi connectivity index (χ3n) is 4.13. The van der Waals surface area contributed by atoms with Crippen molar-refractivity contribution in [3.63, 3.8) is 0 Å². The Morgan fingerprint density at radius 1 is 1.26 bits per heavy atom. The second kappa shape index (κ2) is 6.62. The summed E-state index contributed by atoms with van der Waals surface area (Å²) in [6.07, 6.45) is 0. The molecule has 0 unspecified atom stereocenters. The van der Waals surface area contributed by atoms with Crippen LogP contribution >= 0.6 is 11.8 Å². The number of thioether (sulfide) groups is 1. The van der Waals surface area contributed by atoms with Crippen molar-refractivity contribution >= 4 is 23.5 Å². The monoisotopic (exact) mass is 330 g/mol. The molecule has 0 radical (unpaired) electrons.